The lowest BCUT2D eigenvalue weighted by Gasteiger charge is -2.15. The number of furan rings is 1. The summed E-state index contributed by atoms with van der Waals surface area (Å²) < 4.78 is 43.2. The van der Waals surface area contributed by atoms with Gasteiger partial charge in [-0.2, -0.15) is 18.4 Å². The Morgan fingerprint density at radius 3 is 2.60 bits per heavy atom. The maximum atomic E-state index is 12.7. The molecule has 6 heteroatoms. The first-order valence-corrected chi connectivity index (χ1v) is 5.83. The van der Waals surface area contributed by atoms with Gasteiger partial charge in [0.25, 0.3) is 0 Å². The zero-order valence-corrected chi connectivity index (χ0v) is 10.5. The summed E-state index contributed by atoms with van der Waals surface area (Å²) in [5.41, 5.74) is -0.913. The van der Waals surface area contributed by atoms with Crippen LogP contribution < -0.4 is 5.32 Å². The van der Waals surface area contributed by atoms with E-state index in [-0.39, 0.29) is 6.04 Å². The molecule has 20 heavy (non-hydrogen) atoms. The van der Waals surface area contributed by atoms with E-state index in [1.807, 2.05) is 6.92 Å². The van der Waals surface area contributed by atoms with E-state index in [2.05, 4.69) is 5.32 Å². The number of nitrogens with one attached hydrogen (secondary N) is 1. The van der Waals surface area contributed by atoms with Crippen molar-refractivity contribution in [3.8, 4) is 6.07 Å². The molecule has 1 N–H and O–H groups in total. The fourth-order valence-corrected chi connectivity index (χ4v) is 1.83. The van der Waals surface area contributed by atoms with Gasteiger partial charge in [-0.25, -0.2) is 0 Å². The van der Waals surface area contributed by atoms with Crippen LogP contribution >= 0.6 is 0 Å². The molecule has 0 fully saturated rings. The number of hydrogen-bond acceptors (Lipinski definition) is 3. The van der Waals surface area contributed by atoms with Crippen LogP contribution in [-0.2, 0) is 6.18 Å². The van der Waals surface area contributed by atoms with Gasteiger partial charge >= 0.3 is 6.18 Å². The largest absolute Gasteiger partial charge is 0.467 e. The molecule has 104 valence electrons. The maximum Gasteiger partial charge on any atom is 0.417 e. The predicted molar refractivity (Wildman–Crippen MR) is 66.9 cm³/mol. The minimum absolute atomic E-state index is 0.215. The molecule has 0 saturated carbocycles. The summed E-state index contributed by atoms with van der Waals surface area (Å²) in [6, 6.07) is 8.21. The van der Waals surface area contributed by atoms with Gasteiger partial charge in [-0.05, 0) is 37.3 Å². The van der Waals surface area contributed by atoms with E-state index in [0.29, 0.717) is 11.4 Å². The maximum absolute atomic E-state index is 12.7. The lowest BCUT2D eigenvalue weighted by molar-refractivity contribution is -0.137. The van der Waals surface area contributed by atoms with Gasteiger partial charge in [-0.1, -0.05) is 0 Å². The van der Waals surface area contributed by atoms with Gasteiger partial charge in [0.2, 0.25) is 0 Å². The highest BCUT2D eigenvalue weighted by Gasteiger charge is 2.33. The lowest BCUT2D eigenvalue weighted by atomic mass is 10.1. The molecule has 0 bridgehead atoms. The molecule has 3 nitrogen and oxygen atoms in total. The van der Waals surface area contributed by atoms with Crippen molar-refractivity contribution in [2.75, 3.05) is 5.32 Å². The van der Waals surface area contributed by atoms with E-state index in [9.17, 15) is 13.2 Å². The Kier molecular flexibility index (Phi) is 3.70. The number of hydrogen-bond donors (Lipinski definition) is 1. The van der Waals surface area contributed by atoms with Gasteiger partial charge in [0.15, 0.2) is 0 Å². The van der Waals surface area contributed by atoms with Gasteiger partial charge in [-0.15, -0.1) is 0 Å². The van der Waals surface area contributed by atoms with E-state index in [4.69, 9.17) is 9.68 Å². The number of halogens is 3. The molecule has 0 amide bonds. The fourth-order valence-electron chi connectivity index (χ4n) is 1.83. The molecule has 1 atom stereocenters. The lowest BCUT2D eigenvalue weighted by Crippen LogP contribution is -2.10. The molecule has 2 aromatic rings. The Hall–Kier alpha value is -2.42. The SMILES string of the molecule is CC(Nc1ccc(C(F)(F)F)c(C#N)c1)c1ccco1. The first-order chi connectivity index (χ1) is 9.41. The first kappa shape index (κ1) is 14.0. The van der Waals surface area contributed by atoms with E-state index in [0.717, 1.165) is 6.07 Å². The van der Waals surface area contributed by atoms with Gasteiger partial charge in [0, 0.05) is 5.69 Å². The van der Waals surface area contributed by atoms with Gasteiger partial charge in [-0.3, -0.25) is 0 Å². The summed E-state index contributed by atoms with van der Waals surface area (Å²) in [5.74, 6) is 0.656. The van der Waals surface area contributed by atoms with E-state index < -0.39 is 17.3 Å². The van der Waals surface area contributed by atoms with Crippen LogP contribution in [0, 0.1) is 11.3 Å². The van der Waals surface area contributed by atoms with Crippen molar-refractivity contribution >= 4 is 5.69 Å². The number of benzene rings is 1. The molecule has 0 saturated heterocycles. The molecular weight excluding hydrogens is 269 g/mol. The third-order valence-corrected chi connectivity index (χ3v) is 2.80. The first-order valence-electron chi connectivity index (χ1n) is 5.83. The molecule has 0 aliphatic rings. The molecule has 1 unspecified atom stereocenters. The van der Waals surface area contributed by atoms with Crippen molar-refractivity contribution in [1.29, 1.82) is 5.26 Å². The van der Waals surface area contributed by atoms with Crippen molar-refractivity contribution in [3.05, 3.63) is 53.5 Å². The van der Waals surface area contributed by atoms with Crippen LogP contribution in [-0.4, -0.2) is 0 Å². The minimum atomic E-state index is -4.53. The van der Waals surface area contributed by atoms with Crippen molar-refractivity contribution in [2.45, 2.75) is 19.1 Å². The average molecular weight is 280 g/mol. The minimum Gasteiger partial charge on any atom is -0.467 e. The fraction of sp³-hybridized carbons (Fsp3) is 0.214. The molecule has 0 aliphatic heterocycles. The van der Waals surface area contributed by atoms with Crippen LogP contribution in [0.4, 0.5) is 18.9 Å². The number of alkyl halides is 3. The van der Waals surface area contributed by atoms with Crippen LogP contribution in [0.1, 0.15) is 29.9 Å². The van der Waals surface area contributed by atoms with E-state index >= 15 is 0 Å². The highest BCUT2D eigenvalue weighted by atomic mass is 19.4. The summed E-state index contributed by atoms with van der Waals surface area (Å²) in [6.07, 6.45) is -3.02. The number of nitriles is 1. The standard InChI is InChI=1S/C14H11F3N2O/c1-9(13-3-2-6-20-13)19-11-4-5-12(14(15,16)17)10(7-11)8-18/h2-7,9,19H,1H3. The molecule has 0 spiro atoms. The van der Waals surface area contributed by atoms with E-state index in [1.165, 1.54) is 18.4 Å². The number of rotatable bonds is 3. The molecule has 0 aliphatic carbocycles. The zero-order valence-electron chi connectivity index (χ0n) is 10.5. The van der Waals surface area contributed by atoms with Gasteiger partial charge < -0.3 is 9.73 Å². The Morgan fingerprint density at radius 2 is 2.05 bits per heavy atom. The Balaban J connectivity index is 2.25. The monoisotopic (exact) mass is 280 g/mol. The molecular formula is C14H11F3N2O. The normalized spacial score (nSPS) is 12.8. The summed E-state index contributed by atoms with van der Waals surface area (Å²) >= 11 is 0. The quantitative estimate of drug-likeness (QED) is 0.909. The number of nitrogens with zero attached hydrogens (tertiary/aromatic N) is 1. The van der Waals surface area contributed by atoms with Crippen LogP contribution in [0.3, 0.4) is 0 Å². The molecule has 1 aromatic carbocycles. The van der Waals surface area contributed by atoms with Crippen molar-refractivity contribution < 1.29 is 17.6 Å². The topological polar surface area (TPSA) is 49.0 Å². The third-order valence-electron chi connectivity index (χ3n) is 2.80. The summed E-state index contributed by atoms with van der Waals surface area (Å²) in [4.78, 5) is 0. The molecule has 1 aromatic heterocycles. The number of anilines is 1. The zero-order chi connectivity index (χ0) is 14.8. The van der Waals surface area contributed by atoms with Crippen molar-refractivity contribution in [2.24, 2.45) is 0 Å². The second-order valence-corrected chi connectivity index (χ2v) is 4.25. The second-order valence-electron chi connectivity index (χ2n) is 4.25. The predicted octanol–water partition coefficient (Wildman–Crippen LogP) is 4.34. The van der Waals surface area contributed by atoms with Crippen LogP contribution in [0.15, 0.2) is 41.0 Å². The third kappa shape index (κ3) is 2.94. The van der Waals surface area contributed by atoms with Crippen LogP contribution in [0.2, 0.25) is 0 Å². The molecule has 1 heterocycles. The van der Waals surface area contributed by atoms with Gasteiger partial charge in [0.05, 0.1) is 29.5 Å². The van der Waals surface area contributed by atoms with Crippen molar-refractivity contribution in [3.63, 3.8) is 0 Å². The Bertz CT molecular complexity index is 627. The second kappa shape index (κ2) is 5.29. The molecule has 2 rings (SSSR count). The summed E-state index contributed by atoms with van der Waals surface area (Å²) in [5, 5.41) is 11.8. The van der Waals surface area contributed by atoms with Gasteiger partial charge in [0.1, 0.15) is 5.76 Å². The summed E-state index contributed by atoms with van der Waals surface area (Å²) in [6.45, 7) is 1.81. The van der Waals surface area contributed by atoms with Crippen LogP contribution in [0.5, 0.6) is 0 Å². The van der Waals surface area contributed by atoms with Crippen molar-refractivity contribution in [1.82, 2.24) is 0 Å². The highest BCUT2D eigenvalue weighted by Crippen LogP contribution is 2.33. The smallest absolute Gasteiger partial charge is 0.417 e. The van der Waals surface area contributed by atoms with Crippen LogP contribution in [0.25, 0.3) is 0 Å². The highest BCUT2D eigenvalue weighted by molar-refractivity contribution is 5.54. The molecule has 0 radical (unpaired) electrons. The Morgan fingerprint density at radius 1 is 1.30 bits per heavy atom. The summed E-state index contributed by atoms with van der Waals surface area (Å²) in [7, 11) is 0. The van der Waals surface area contributed by atoms with E-state index in [1.54, 1.807) is 18.2 Å². The Labute approximate surface area is 113 Å². The average Bonchev–Trinajstić information content (AvgIpc) is 2.91.